The van der Waals surface area contributed by atoms with Crippen LogP contribution in [0, 0.1) is 0 Å². The SMILES string of the molecule is CCCNCc1cn[nH]c1S(=O)(=O)N1CC(C)OC(C)C1. The predicted molar refractivity (Wildman–Crippen MR) is 79.4 cm³/mol. The highest BCUT2D eigenvalue weighted by Crippen LogP contribution is 2.22. The molecule has 2 unspecified atom stereocenters. The first-order valence-electron chi connectivity index (χ1n) is 7.33. The number of H-pyrrole nitrogens is 1. The molecular weight excluding hydrogens is 292 g/mol. The zero-order valence-electron chi connectivity index (χ0n) is 12.8. The molecule has 21 heavy (non-hydrogen) atoms. The molecule has 120 valence electrons. The number of hydrogen-bond acceptors (Lipinski definition) is 5. The summed E-state index contributed by atoms with van der Waals surface area (Å²) in [7, 11) is -3.56. The van der Waals surface area contributed by atoms with E-state index in [1.54, 1.807) is 6.20 Å². The number of rotatable bonds is 6. The Morgan fingerprint density at radius 3 is 2.71 bits per heavy atom. The van der Waals surface area contributed by atoms with E-state index in [0.29, 0.717) is 25.2 Å². The van der Waals surface area contributed by atoms with Crippen molar-refractivity contribution in [3.8, 4) is 0 Å². The minimum Gasteiger partial charge on any atom is -0.373 e. The first kappa shape index (κ1) is 16.4. The molecule has 2 heterocycles. The molecule has 0 aliphatic carbocycles. The number of nitrogens with one attached hydrogen (secondary N) is 2. The van der Waals surface area contributed by atoms with Gasteiger partial charge in [0.25, 0.3) is 10.0 Å². The minimum absolute atomic E-state index is 0.104. The van der Waals surface area contributed by atoms with Gasteiger partial charge in [-0.05, 0) is 26.8 Å². The van der Waals surface area contributed by atoms with Crippen LogP contribution < -0.4 is 5.32 Å². The van der Waals surface area contributed by atoms with E-state index < -0.39 is 10.0 Å². The molecule has 2 N–H and O–H groups in total. The van der Waals surface area contributed by atoms with Crippen molar-refractivity contribution < 1.29 is 13.2 Å². The first-order chi connectivity index (χ1) is 9.95. The lowest BCUT2D eigenvalue weighted by atomic mass is 10.3. The molecule has 0 radical (unpaired) electrons. The molecule has 8 heteroatoms. The van der Waals surface area contributed by atoms with Crippen molar-refractivity contribution in [1.82, 2.24) is 19.8 Å². The van der Waals surface area contributed by atoms with E-state index in [9.17, 15) is 8.42 Å². The minimum atomic E-state index is -3.56. The average Bonchev–Trinajstić information content (AvgIpc) is 2.87. The van der Waals surface area contributed by atoms with Gasteiger partial charge in [0.05, 0.1) is 18.4 Å². The number of aromatic nitrogens is 2. The van der Waals surface area contributed by atoms with Crippen LogP contribution in [0.1, 0.15) is 32.8 Å². The van der Waals surface area contributed by atoms with Crippen molar-refractivity contribution in [3.05, 3.63) is 11.8 Å². The molecule has 7 nitrogen and oxygen atoms in total. The molecule has 1 fully saturated rings. The monoisotopic (exact) mass is 316 g/mol. The van der Waals surface area contributed by atoms with Gasteiger partial charge in [0.1, 0.15) is 0 Å². The Hall–Kier alpha value is -0.960. The summed E-state index contributed by atoms with van der Waals surface area (Å²) in [5.41, 5.74) is 0.676. The molecule has 0 bridgehead atoms. The first-order valence-corrected chi connectivity index (χ1v) is 8.77. The Morgan fingerprint density at radius 1 is 1.43 bits per heavy atom. The second-order valence-corrected chi connectivity index (χ2v) is 7.36. The van der Waals surface area contributed by atoms with Gasteiger partial charge in [-0.15, -0.1) is 0 Å². The van der Waals surface area contributed by atoms with Crippen LogP contribution in [0.15, 0.2) is 11.2 Å². The van der Waals surface area contributed by atoms with Gasteiger partial charge in [-0.25, -0.2) is 8.42 Å². The van der Waals surface area contributed by atoms with E-state index >= 15 is 0 Å². The van der Waals surface area contributed by atoms with Crippen LogP contribution in [-0.2, 0) is 21.3 Å². The second-order valence-electron chi connectivity index (χ2n) is 5.48. The van der Waals surface area contributed by atoms with Crippen LogP contribution in [-0.4, -0.2) is 54.8 Å². The zero-order valence-corrected chi connectivity index (χ0v) is 13.6. The van der Waals surface area contributed by atoms with Crippen LogP contribution in [0.3, 0.4) is 0 Å². The van der Waals surface area contributed by atoms with Gasteiger partial charge < -0.3 is 10.1 Å². The van der Waals surface area contributed by atoms with Crippen LogP contribution in [0.25, 0.3) is 0 Å². The molecule has 1 aromatic rings. The van der Waals surface area contributed by atoms with Crippen molar-refractivity contribution in [1.29, 1.82) is 0 Å². The van der Waals surface area contributed by atoms with E-state index in [2.05, 4.69) is 22.4 Å². The standard InChI is InChI=1S/C13H24N4O3S/c1-4-5-14-6-12-7-15-16-13(12)21(18,19)17-8-10(2)20-11(3)9-17/h7,10-11,14H,4-6,8-9H2,1-3H3,(H,15,16). The van der Waals surface area contributed by atoms with Crippen molar-refractivity contribution in [2.45, 2.75) is 51.0 Å². The van der Waals surface area contributed by atoms with E-state index in [4.69, 9.17) is 4.74 Å². The van der Waals surface area contributed by atoms with Gasteiger partial charge in [0, 0.05) is 25.2 Å². The van der Waals surface area contributed by atoms with Gasteiger partial charge >= 0.3 is 0 Å². The summed E-state index contributed by atoms with van der Waals surface area (Å²) < 4.78 is 32.6. The topological polar surface area (TPSA) is 87.3 Å². The number of ether oxygens (including phenoxy) is 1. The lowest BCUT2D eigenvalue weighted by Gasteiger charge is -2.34. The summed E-state index contributed by atoms with van der Waals surface area (Å²) in [6.07, 6.45) is 2.36. The lowest BCUT2D eigenvalue weighted by Crippen LogP contribution is -2.48. The number of sulfonamides is 1. The molecule has 0 saturated carbocycles. The molecular formula is C13H24N4O3S. The van der Waals surface area contributed by atoms with Crippen LogP contribution >= 0.6 is 0 Å². The highest BCUT2D eigenvalue weighted by molar-refractivity contribution is 7.89. The van der Waals surface area contributed by atoms with E-state index in [1.807, 2.05) is 13.8 Å². The Bertz CT molecular complexity index is 548. The summed E-state index contributed by atoms with van der Waals surface area (Å²) >= 11 is 0. The van der Waals surface area contributed by atoms with Crippen LogP contribution in [0.5, 0.6) is 0 Å². The van der Waals surface area contributed by atoms with Gasteiger partial charge in [0.15, 0.2) is 5.03 Å². The number of nitrogens with zero attached hydrogens (tertiary/aromatic N) is 2. The summed E-state index contributed by atoms with van der Waals surface area (Å²) in [5, 5.41) is 9.93. The van der Waals surface area contributed by atoms with Crippen molar-refractivity contribution >= 4 is 10.0 Å². The normalized spacial score (nSPS) is 24.3. The molecule has 1 saturated heterocycles. The number of morpholine rings is 1. The molecule has 0 spiro atoms. The fraction of sp³-hybridized carbons (Fsp3) is 0.769. The summed E-state index contributed by atoms with van der Waals surface area (Å²) in [5.74, 6) is 0. The third kappa shape index (κ3) is 3.82. The molecule has 0 aromatic carbocycles. The van der Waals surface area contributed by atoms with Gasteiger partial charge in [0.2, 0.25) is 0 Å². The summed E-state index contributed by atoms with van der Waals surface area (Å²) in [4.78, 5) is 0. The van der Waals surface area contributed by atoms with Crippen LogP contribution in [0.2, 0.25) is 0 Å². The highest BCUT2D eigenvalue weighted by Gasteiger charge is 2.34. The molecule has 1 aliphatic heterocycles. The maximum atomic E-state index is 12.8. The predicted octanol–water partition coefficient (Wildman–Crippen LogP) is 0.707. The Morgan fingerprint density at radius 2 is 2.10 bits per heavy atom. The van der Waals surface area contributed by atoms with Crippen molar-refractivity contribution in [3.63, 3.8) is 0 Å². The Labute approximate surface area is 126 Å². The smallest absolute Gasteiger partial charge is 0.260 e. The van der Waals surface area contributed by atoms with Crippen molar-refractivity contribution in [2.24, 2.45) is 0 Å². The van der Waals surface area contributed by atoms with E-state index in [0.717, 1.165) is 13.0 Å². The molecule has 2 rings (SSSR count). The lowest BCUT2D eigenvalue weighted by molar-refractivity contribution is -0.0441. The molecule has 1 aromatic heterocycles. The van der Waals surface area contributed by atoms with E-state index in [1.165, 1.54) is 4.31 Å². The highest BCUT2D eigenvalue weighted by atomic mass is 32.2. The van der Waals surface area contributed by atoms with Crippen LogP contribution in [0.4, 0.5) is 0 Å². The number of hydrogen-bond donors (Lipinski definition) is 2. The largest absolute Gasteiger partial charge is 0.373 e. The zero-order chi connectivity index (χ0) is 15.5. The maximum absolute atomic E-state index is 12.8. The van der Waals surface area contributed by atoms with Gasteiger partial charge in [-0.2, -0.15) is 9.40 Å². The van der Waals surface area contributed by atoms with Crippen molar-refractivity contribution in [2.75, 3.05) is 19.6 Å². The fourth-order valence-corrected chi connectivity index (χ4v) is 4.20. The molecule has 2 atom stereocenters. The summed E-state index contributed by atoms with van der Waals surface area (Å²) in [6, 6.07) is 0. The van der Waals surface area contributed by atoms with Gasteiger partial charge in [-0.1, -0.05) is 6.92 Å². The van der Waals surface area contributed by atoms with Gasteiger partial charge in [-0.3, -0.25) is 5.10 Å². The third-order valence-corrected chi connectivity index (χ3v) is 5.25. The molecule has 1 aliphatic rings. The summed E-state index contributed by atoms with van der Waals surface area (Å²) in [6.45, 7) is 7.91. The maximum Gasteiger partial charge on any atom is 0.260 e. The second kappa shape index (κ2) is 6.87. The Balaban J connectivity index is 2.17. The fourth-order valence-electron chi connectivity index (χ4n) is 2.50. The molecule has 0 amide bonds. The quantitative estimate of drug-likeness (QED) is 0.755. The Kier molecular flexibility index (Phi) is 5.37. The average molecular weight is 316 g/mol. The van der Waals surface area contributed by atoms with E-state index in [-0.39, 0.29) is 17.2 Å². The third-order valence-electron chi connectivity index (χ3n) is 3.40. The number of aromatic amines is 1.